The van der Waals surface area contributed by atoms with E-state index < -0.39 is 16.0 Å². The Hall–Kier alpha value is -3.07. The number of anilines is 1. The van der Waals surface area contributed by atoms with Gasteiger partial charge in [0.05, 0.1) is 23.8 Å². The Bertz CT molecular complexity index is 1090. The van der Waals surface area contributed by atoms with Crippen molar-refractivity contribution < 1.29 is 26.9 Å². The van der Waals surface area contributed by atoms with E-state index in [4.69, 9.17) is 13.7 Å². The minimum Gasteiger partial charge on any atom is -0.461 e. The second-order valence-corrected chi connectivity index (χ2v) is 8.07. The Morgan fingerprint density at radius 1 is 1.26 bits per heavy atom. The molecule has 1 aliphatic heterocycles. The van der Waals surface area contributed by atoms with Crippen molar-refractivity contribution in [3.8, 4) is 11.5 Å². The van der Waals surface area contributed by atoms with Crippen molar-refractivity contribution in [3.63, 3.8) is 0 Å². The van der Waals surface area contributed by atoms with E-state index in [2.05, 4.69) is 5.16 Å². The summed E-state index contributed by atoms with van der Waals surface area (Å²) in [6.45, 7) is 0.330. The number of rotatable bonds is 5. The van der Waals surface area contributed by atoms with Crippen molar-refractivity contribution >= 4 is 21.7 Å². The summed E-state index contributed by atoms with van der Waals surface area (Å²) in [6, 6.07) is 9.96. The molecule has 9 heteroatoms. The number of aromatic nitrogens is 1. The smallest absolute Gasteiger partial charge is 0.338 e. The number of hydrogen-bond acceptors (Lipinski definition) is 7. The van der Waals surface area contributed by atoms with Crippen molar-refractivity contribution in [2.24, 2.45) is 0 Å². The first-order valence-electron chi connectivity index (χ1n) is 8.19. The van der Waals surface area contributed by atoms with Gasteiger partial charge in [0, 0.05) is 12.6 Å². The van der Waals surface area contributed by atoms with Gasteiger partial charge in [0.25, 0.3) is 0 Å². The third-order valence-corrected chi connectivity index (χ3v) is 5.42. The lowest BCUT2D eigenvalue weighted by atomic mass is 10.1. The zero-order valence-corrected chi connectivity index (χ0v) is 15.2. The first kappa shape index (κ1) is 17.3. The Labute approximate surface area is 155 Å². The van der Waals surface area contributed by atoms with Crippen LogP contribution in [0.5, 0.6) is 0 Å². The molecule has 0 spiro atoms. The lowest BCUT2D eigenvalue weighted by Crippen LogP contribution is -2.27. The molecule has 8 nitrogen and oxygen atoms in total. The predicted molar refractivity (Wildman–Crippen MR) is 95.7 cm³/mol. The summed E-state index contributed by atoms with van der Waals surface area (Å²) in [7, 11) is -3.32. The fourth-order valence-electron chi connectivity index (χ4n) is 2.98. The largest absolute Gasteiger partial charge is 0.461 e. The molecule has 1 aliphatic rings. The lowest BCUT2D eigenvalue weighted by Gasteiger charge is -2.16. The highest BCUT2D eigenvalue weighted by molar-refractivity contribution is 7.92. The maximum Gasteiger partial charge on any atom is 0.338 e. The molecule has 0 saturated heterocycles. The van der Waals surface area contributed by atoms with E-state index >= 15 is 0 Å². The van der Waals surface area contributed by atoms with E-state index in [-0.39, 0.29) is 6.61 Å². The molecule has 0 amide bonds. The Morgan fingerprint density at radius 2 is 2.11 bits per heavy atom. The molecule has 0 bridgehead atoms. The average Bonchev–Trinajstić information content (AvgIpc) is 3.37. The van der Waals surface area contributed by atoms with E-state index in [0.29, 0.717) is 41.4 Å². The summed E-state index contributed by atoms with van der Waals surface area (Å²) < 4.78 is 40.5. The fraction of sp³-hybridized carbons (Fsp3) is 0.222. The number of furan rings is 1. The predicted octanol–water partition coefficient (Wildman–Crippen LogP) is 2.61. The second kappa shape index (κ2) is 6.58. The minimum absolute atomic E-state index is 0.0460. The van der Waals surface area contributed by atoms with Crippen LogP contribution < -0.4 is 4.31 Å². The van der Waals surface area contributed by atoms with Crippen LogP contribution in [0.15, 0.2) is 51.6 Å². The number of sulfonamides is 1. The summed E-state index contributed by atoms with van der Waals surface area (Å²) >= 11 is 0. The van der Waals surface area contributed by atoms with Crippen molar-refractivity contribution in [3.05, 3.63) is 59.5 Å². The van der Waals surface area contributed by atoms with Crippen LogP contribution >= 0.6 is 0 Å². The lowest BCUT2D eigenvalue weighted by molar-refractivity contribution is 0.0464. The van der Waals surface area contributed by atoms with Gasteiger partial charge >= 0.3 is 5.97 Å². The molecule has 0 N–H and O–H groups in total. The van der Waals surface area contributed by atoms with E-state index in [1.807, 2.05) is 0 Å². The Morgan fingerprint density at radius 3 is 2.85 bits per heavy atom. The molecular weight excluding hydrogens is 372 g/mol. The zero-order valence-electron chi connectivity index (χ0n) is 14.4. The van der Waals surface area contributed by atoms with Gasteiger partial charge in [0.2, 0.25) is 15.8 Å². The van der Waals surface area contributed by atoms with Crippen LogP contribution in [0, 0.1) is 0 Å². The first-order chi connectivity index (χ1) is 12.9. The molecule has 0 atom stereocenters. The molecule has 4 rings (SSSR count). The third kappa shape index (κ3) is 3.45. The van der Waals surface area contributed by atoms with Crippen LogP contribution in [-0.2, 0) is 27.8 Å². The molecule has 0 unspecified atom stereocenters. The van der Waals surface area contributed by atoms with E-state index in [1.54, 1.807) is 36.4 Å². The quantitative estimate of drug-likeness (QED) is 0.619. The standard InChI is InChI=1S/C18H16N2O6S/c1-27(22,23)20-7-6-12-9-13(4-5-15(12)20)18(21)25-11-14-10-17(26-19-14)16-3-2-8-24-16/h2-5,8-10H,6-7,11H2,1H3. The van der Waals surface area contributed by atoms with Gasteiger partial charge in [-0.3, -0.25) is 4.31 Å². The maximum atomic E-state index is 12.3. The summed E-state index contributed by atoms with van der Waals surface area (Å²) in [5, 5.41) is 3.85. The monoisotopic (exact) mass is 388 g/mol. The van der Waals surface area contributed by atoms with Gasteiger partial charge in [0.1, 0.15) is 12.3 Å². The molecule has 3 aromatic rings. The summed E-state index contributed by atoms with van der Waals surface area (Å²) in [5.41, 5.74) is 2.23. The molecule has 0 radical (unpaired) electrons. The number of nitrogens with zero attached hydrogens (tertiary/aromatic N) is 2. The van der Waals surface area contributed by atoms with Crippen LogP contribution in [-0.4, -0.2) is 32.3 Å². The molecule has 0 aliphatic carbocycles. The van der Waals surface area contributed by atoms with Crippen LogP contribution in [0.4, 0.5) is 5.69 Å². The van der Waals surface area contributed by atoms with E-state index in [0.717, 1.165) is 5.56 Å². The molecular formula is C18H16N2O6S. The molecule has 0 saturated carbocycles. The maximum absolute atomic E-state index is 12.3. The van der Waals surface area contributed by atoms with Crippen molar-refractivity contribution in [1.29, 1.82) is 0 Å². The van der Waals surface area contributed by atoms with Gasteiger partial charge in [-0.2, -0.15) is 0 Å². The molecule has 1 aromatic carbocycles. The number of ether oxygens (including phenoxy) is 1. The zero-order chi connectivity index (χ0) is 19.0. The average molecular weight is 388 g/mol. The van der Waals surface area contributed by atoms with Gasteiger partial charge in [-0.25, -0.2) is 13.2 Å². The van der Waals surface area contributed by atoms with Gasteiger partial charge in [-0.15, -0.1) is 0 Å². The second-order valence-electron chi connectivity index (χ2n) is 6.16. The number of carbonyl (C=O) groups excluding carboxylic acids is 1. The third-order valence-electron chi connectivity index (χ3n) is 4.24. The van der Waals surface area contributed by atoms with Crippen LogP contribution in [0.2, 0.25) is 0 Å². The Balaban J connectivity index is 1.44. The van der Waals surface area contributed by atoms with Gasteiger partial charge in [0.15, 0.2) is 5.76 Å². The number of carbonyl (C=O) groups is 1. The van der Waals surface area contributed by atoms with Crippen molar-refractivity contribution in [2.45, 2.75) is 13.0 Å². The number of hydrogen-bond donors (Lipinski definition) is 0. The van der Waals surface area contributed by atoms with Crippen LogP contribution in [0.1, 0.15) is 21.6 Å². The normalized spacial score (nSPS) is 13.6. The van der Waals surface area contributed by atoms with Crippen molar-refractivity contribution in [1.82, 2.24) is 5.16 Å². The first-order valence-corrected chi connectivity index (χ1v) is 10.0. The Kier molecular flexibility index (Phi) is 4.23. The molecule has 140 valence electrons. The molecule has 27 heavy (non-hydrogen) atoms. The minimum atomic E-state index is -3.32. The summed E-state index contributed by atoms with van der Waals surface area (Å²) in [4.78, 5) is 12.3. The fourth-order valence-corrected chi connectivity index (χ4v) is 3.94. The highest BCUT2D eigenvalue weighted by Crippen LogP contribution is 2.31. The van der Waals surface area contributed by atoms with Crippen molar-refractivity contribution in [2.75, 3.05) is 17.1 Å². The van der Waals surface area contributed by atoms with E-state index in [9.17, 15) is 13.2 Å². The number of benzene rings is 1. The summed E-state index contributed by atoms with van der Waals surface area (Å²) in [6.07, 6.45) is 3.24. The van der Waals surface area contributed by atoms with Crippen LogP contribution in [0.25, 0.3) is 11.5 Å². The SMILES string of the molecule is CS(=O)(=O)N1CCc2cc(C(=O)OCc3cc(-c4ccco4)on3)ccc21. The van der Waals surface area contributed by atoms with E-state index in [1.165, 1.54) is 16.8 Å². The highest BCUT2D eigenvalue weighted by Gasteiger charge is 2.27. The summed E-state index contributed by atoms with van der Waals surface area (Å²) in [5.74, 6) is 0.469. The number of fused-ring (bicyclic) bond motifs is 1. The molecule has 3 heterocycles. The number of esters is 1. The van der Waals surface area contributed by atoms with Gasteiger partial charge in [-0.05, 0) is 42.3 Å². The molecule has 0 fully saturated rings. The van der Waals surface area contributed by atoms with Gasteiger partial charge < -0.3 is 13.7 Å². The van der Waals surface area contributed by atoms with Gasteiger partial charge in [-0.1, -0.05) is 5.16 Å². The highest BCUT2D eigenvalue weighted by atomic mass is 32.2. The molecule has 2 aromatic heterocycles. The topological polar surface area (TPSA) is 103 Å². The van der Waals surface area contributed by atoms with Crippen LogP contribution in [0.3, 0.4) is 0 Å².